The van der Waals surface area contributed by atoms with Gasteiger partial charge in [-0.1, -0.05) is 76.4 Å². The molecule has 0 radical (unpaired) electrons. The lowest BCUT2D eigenvalue weighted by molar-refractivity contribution is 0.300. The maximum Gasteiger partial charge on any atom is 0.170 e. The van der Waals surface area contributed by atoms with Gasteiger partial charge in [-0.2, -0.15) is 0 Å². The first-order valence-electron chi connectivity index (χ1n) is 12.9. The van der Waals surface area contributed by atoms with Crippen LogP contribution in [0.5, 0.6) is 5.75 Å². The maximum absolute atomic E-state index is 6.77. The molecule has 0 saturated heterocycles. The molecule has 2 fully saturated rings. The lowest BCUT2D eigenvalue weighted by Crippen LogP contribution is -2.35. The summed E-state index contributed by atoms with van der Waals surface area (Å²) in [6.45, 7) is 0.283. The highest BCUT2D eigenvalue weighted by Crippen LogP contribution is 2.56. The first-order valence-corrected chi connectivity index (χ1v) is 14.0. The van der Waals surface area contributed by atoms with Crippen LogP contribution in [0, 0.1) is 0 Å². The Bertz CT molecular complexity index is 1560. The second-order valence-corrected chi connectivity index (χ2v) is 11.3. The van der Waals surface area contributed by atoms with E-state index < -0.39 is 0 Å². The summed E-state index contributed by atoms with van der Waals surface area (Å²) in [5, 5.41) is 10.3. The predicted octanol–water partition coefficient (Wildman–Crippen LogP) is 7.30. The number of ether oxygens (including phenoxy) is 1. The topological polar surface area (TPSA) is 83.7 Å². The third-order valence-electron chi connectivity index (χ3n) is 7.53. The number of nitrogens with one attached hydrogen (secondary N) is 3. The van der Waals surface area contributed by atoms with Crippen molar-refractivity contribution in [3.63, 3.8) is 0 Å². The Balaban J connectivity index is 1.07. The van der Waals surface area contributed by atoms with Crippen molar-refractivity contribution in [2.75, 3.05) is 0 Å². The molecule has 2 unspecified atom stereocenters. The van der Waals surface area contributed by atoms with E-state index in [9.17, 15) is 0 Å². The van der Waals surface area contributed by atoms with E-state index in [1.807, 2.05) is 18.2 Å². The molecule has 2 atom stereocenters. The number of hydrazine groups is 2. The molecule has 3 N–H and O–H groups in total. The third-order valence-corrected chi connectivity index (χ3v) is 8.49. The largest absolute Gasteiger partial charge is 0.489 e. The smallest absolute Gasteiger partial charge is 0.170 e. The van der Waals surface area contributed by atoms with Crippen LogP contribution in [0.25, 0.3) is 11.3 Å². The molecule has 1 aliphatic heterocycles. The number of nitrogens with zero attached hydrogens (tertiary/aromatic N) is 2. The molecule has 2 saturated carbocycles. The number of halogens is 3. The normalized spacial score (nSPS) is 19.8. The van der Waals surface area contributed by atoms with E-state index in [0.717, 1.165) is 47.5 Å². The van der Waals surface area contributed by atoms with Crippen molar-refractivity contribution in [2.24, 2.45) is 5.10 Å². The van der Waals surface area contributed by atoms with Gasteiger partial charge in [-0.3, -0.25) is 5.43 Å². The molecule has 7 nitrogen and oxygen atoms in total. The summed E-state index contributed by atoms with van der Waals surface area (Å²) >= 11 is 19.7. The molecule has 3 aromatic carbocycles. The Kier molecular flexibility index (Phi) is 6.40. The SMILES string of the molecule is Clc1cc(OCc2c(-c3c(Cl)cccc3Cl)noc2C2CC2)ccc1C1CC1c1ccc(C2=NNNN2)cc1. The van der Waals surface area contributed by atoms with Crippen LogP contribution in [0.1, 0.15) is 65.0 Å². The summed E-state index contributed by atoms with van der Waals surface area (Å²) < 4.78 is 12.0. The molecule has 1 aromatic heterocycles. The van der Waals surface area contributed by atoms with Gasteiger partial charge in [0.15, 0.2) is 5.84 Å². The first kappa shape index (κ1) is 24.8. The maximum atomic E-state index is 6.77. The van der Waals surface area contributed by atoms with Crippen LogP contribution in [0.15, 0.2) is 70.3 Å². The van der Waals surface area contributed by atoms with Gasteiger partial charge in [0.05, 0.1) is 15.6 Å². The lowest BCUT2D eigenvalue weighted by Gasteiger charge is -2.11. The fourth-order valence-corrected chi connectivity index (χ4v) is 6.12. The van der Waals surface area contributed by atoms with Gasteiger partial charge < -0.3 is 9.26 Å². The van der Waals surface area contributed by atoms with Gasteiger partial charge in [0, 0.05) is 22.1 Å². The van der Waals surface area contributed by atoms with Gasteiger partial charge in [-0.05, 0) is 66.5 Å². The van der Waals surface area contributed by atoms with Crippen LogP contribution in [0.3, 0.4) is 0 Å². The van der Waals surface area contributed by atoms with Crippen molar-refractivity contribution in [3.8, 4) is 17.0 Å². The van der Waals surface area contributed by atoms with Gasteiger partial charge in [0.25, 0.3) is 0 Å². The van der Waals surface area contributed by atoms with Crippen molar-refractivity contribution in [1.82, 2.24) is 21.7 Å². The molecule has 4 aromatic rings. The van der Waals surface area contributed by atoms with Crippen LogP contribution in [0.2, 0.25) is 15.1 Å². The molecular weight excluding hydrogens is 557 g/mol. The summed E-state index contributed by atoms with van der Waals surface area (Å²) in [6, 6.07) is 19.8. The number of hydrazone groups is 1. The third kappa shape index (κ3) is 4.85. The molecule has 0 bridgehead atoms. The second kappa shape index (κ2) is 10.1. The number of amidine groups is 1. The average Bonchev–Trinajstić information content (AvgIpc) is 3.84. The number of rotatable bonds is 8. The van der Waals surface area contributed by atoms with Gasteiger partial charge in [-0.15, -0.1) is 10.6 Å². The first-order chi connectivity index (χ1) is 19.1. The van der Waals surface area contributed by atoms with Crippen LogP contribution in [-0.2, 0) is 6.61 Å². The predicted molar refractivity (Wildman–Crippen MR) is 152 cm³/mol. The monoisotopic (exact) mass is 579 g/mol. The zero-order chi connectivity index (χ0) is 26.5. The highest BCUT2D eigenvalue weighted by atomic mass is 35.5. The van der Waals surface area contributed by atoms with Crippen LogP contribution >= 0.6 is 34.8 Å². The zero-order valence-corrected chi connectivity index (χ0v) is 22.9. The Labute approximate surface area is 240 Å². The summed E-state index contributed by atoms with van der Waals surface area (Å²) in [6.07, 6.45) is 3.21. The van der Waals surface area contributed by atoms with Crippen molar-refractivity contribution in [2.45, 2.75) is 43.6 Å². The van der Waals surface area contributed by atoms with E-state index in [0.29, 0.717) is 49.8 Å². The Morgan fingerprint density at radius 2 is 1.72 bits per heavy atom. The van der Waals surface area contributed by atoms with Crippen molar-refractivity contribution in [3.05, 3.63) is 104 Å². The molecule has 2 aliphatic carbocycles. The van der Waals surface area contributed by atoms with Crippen molar-refractivity contribution in [1.29, 1.82) is 0 Å². The van der Waals surface area contributed by atoms with Crippen LogP contribution in [-0.4, -0.2) is 11.0 Å². The zero-order valence-electron chi connectivity index (χ0n) is 20.7. The highest BCUT2D eigenvalue weighted by molar-refractivity contribution is 6.39. The van der Waals surface area contributed by atoms with Crippen molar-refractivity contribution >= 4 is 40.6 Å². The fraction of sp³-hybridized carbons (Fsp3) is 0.241. The van der Waals surface area contributed by atoms with E-state index in [1.165, 1.54) is 5.56 Å². The van der Waals surface area contributed by atoms with Gasteiger partial charge in [-0.25, -0.2) is 5.53 Å². The van der Waals surface area contributed by atoms with Crippen molar-refractivity contribution < 1.29 is 9.26 Å². The molecule has 7 rings (SSSR count). The van der Waals surface area contributed by atoms with E-state index >= 15 is 0 Å². The summed E-state index contributed by atoms with van der Waals surface area (Å²) in [5.41, 5.74) is 14.0. The minimum Gasteiger partial charge on any atom is -0.489 e. The standard InChI is InChI=1S/C29H24Cl3N5O2/c30-23-2-1-3-24(31)26(23)27-22(28(39-35-27)16-6-7-16)14-38-18-10-11-19(25(32)12-18)21-13-20(21)15-4-8-17(9-5-15)29-33-36-37-34-29/h1-5,8-12,16,20-21,36-37H,6-7,13-14H2,(H,33,34). The summed E-state index contributed by atoms with van der Waals surface area (Å²) in [5.74, 6) is 3.49. The Hall–Kier alpha value is -3.23. The molecular formula is C29H24Cl3N5O2. The van der Waals surface area contributed by atoms with E-state index in [2.05, 4.69) is 57.1 Å². The fourth-order valence-electron chi connectivity index (χ4n) is 5.23. The minimum absolute atomic E-state index is 0.283. The molecule has 198 valence electrons. The number of hydrogen-bond donors (Lipinski definition) is 3. The Morgan fingerprint density at radius 3 is 2.41 bits per heavy atom. The number of aromatic nitrogens is 1. The highest BCUT2D eigenvalue weighted by Gasteiger charge is 2.40. The molecule has 3 aliphatic rings. The summed E-state index contributed by atoms with van der Waals surface area (Å²) in [7, 11) is 0. The van der Waals surface area contributed by atoms with Gasteiger partial charge >= 0.3 is 0 Å². The van der Waals surface area contributed by atoms with Gasteiger partial charge in [0.2, 0.25) is 0 Å². The summed E-state index contributed by atoms with van der Waals surface area (Å²) in [4.78, 5) is 0. The van der Waals surface area contributed by atoms with E-state index in [4.69, 9.17) is 44.1 Å². The van der Waals surface area contributed by atoms with E-state index in [-0.39, 0.29) is 6.61 Å². The average molecular weight is 581 g/mol. The van der Waals surface area contributed by atoms with Crippen LogP contribution < -0.4 is 21.2 Å². The van der Waals surface area contributed by atoms with E-state index in [1.54, 1.807) is 12.1 Å². The molecule has 0 amide bonds. The van der Waals surface area contributed by atoms with Gasteiger partial charge in [0.1, 0.15) is 23.8 Å². The second-order valence-electron chi connectivity index (χ2n) is 10.1. The molecule has 2 heterocycles. The lowest BCUT2D eigenvalue weighted by atomic mass is 10.0. The Morgan fingerprint density at radius 1 is 0.923 bits per heavy atom. The number of benzene rings is 3. The molecule has 0 spiro atoms. The molecule has 39 heavy (non-hydrogen) atoms. The van der Waals surface area contributed by atoms with Crippen LogP contribution in [0.4, 0.5) is 0 Å². The molecule has 10 heteroatoms. The number of hydrogen-bond acceptors (Lipinski definition) is 7. The quantitative estimate of drug-likeness (QED) is 0.203. The minimum atomic E-state index is 0.283.